The van der Waals surface area contributed by atoms with Gasteiger partial charge in [-0.15, -0.1) is 0 Å². The number of rotatable bonds is 5. The second-order valence-electron chi connectivity index (χ2n) is 8.76. The fourth-order valence-corrected chi connectivity index (χ4v) is 6.01. The van der Waals surface area contributed by atoms with Crippen molar-refractivity contribution in [1.82, 2.24) is 0 Å². The lowest BCUT2D eigenvalue weighted by molar-refractivity contribution is -0.141. The van der Waals surface area contributed by atoms with E-state index in [0.717, 1.165) is 68.7 Å². The Morgan fingerprint density at radius 1 is 1.03 bits per heavy atom. The molecule has 3 aromatic carbocycles. The monoisotopic (exact) mass is 450 g/mol. The minimum absolute atomic E-state index is 0.344. The molecule has 3 aromatic rings. The first kappa shape index (κ1) is 22.3. The summed E-state index contributed by atoms with van der Waals surface area (Å²) in [6.07, 6.45) is 1.58. The highest BCUT2D eigenvalue weighted by molar-refractivity contribution is 7.86. The number of hydrogen-bond donors (Lipinski definition) is 2. The Balaban J connectivity index is 1.71. The molecule has 0 bridgehead atoms. The number of fused-ring (bicyclic) bond motifs is 1. The van der Waals surface area contributed by atoms with E-state index >= 15 is 0 Å². The molecule has 1 heterocycles. The van der Waals surface area contributed by atoms with Crippen LogP contribution in [0.3, 0.4) is 0 Å². The SMILES string of the molecule is Cc1cc(C)c(C)c(S(=O)Nc2ccc(N3CCC[C@@H](C(=O)O)C3)c3ccccc23)c1C. The highest BCUT2D eigenvalue weighted by Gasteiger charge is 2.26. The summed E-state index contributed by atoms with van der Waals surface area (Å²) < 4.78 is 16.7. The molecule has 0 spiro atoms. The predicted molar refractivity (Wildman–Crippen MR) is 132 cm³/mol. The maximum absolute atomic E-state index is 13.4. The molecule has 0 saturated carbocycles. The quantitative estimate of drug-likeness (QED) is 0.538. The van der Waals surface area contributed by atoms with Crippen LogP contribution in [-0.2, 0) is 15.8 Å². The fourth-order valence-electron chi connectivity index (χ4n) is 4.66. The van der Waals surface area contributed by atoms with Gasteiger partial charge < -0.3 is 14.7 Å². The third-order valence-electron chi connectivity index (χ3n) is 6.70. The van der Waals surface area contributed by atoms with E-state index in [1.807, 2.05) is 44.2 Å². The van der Waals surface area contributed by atoms with E-state index in [1.54, 1.807) is 0 Å². The van der Waals surface area contributed by atoms with E-state index in [1.165, 1.54) is 0 Å². The first-order chi connectivity index (χ1) is 15.3. The summed E-state index contributed by atoms with van der Waals surface area (Å²) >= 11 is 0. The Kier molecular flexibility index (Phi) is 6.24. The fraction of sp³-hybridized carbons (Fsp3) is 0.346. The van der Waals surface area contributed by atoms with Gasteiger partial charge >= 0.3 is 5.97 Å². The molecule has 168 valence electrons. The summed E-state index contributed by atoms with van der Waals surface area (Å²) in [5.41, 5.74) is 6.21. The summed E-state index contributed by atoms with van der Waals surface area (Å²) in [6.45, 7) is 9.50. The van der Waals surface area contributed by atoms with Gasteiger partial charge in [0.15, 0.2) is 11.0 Å². The topological polar surface area (TPSA) is 69.6 Å². The average Bonchev–Trinajstić information content (AvgIpc) is 2.78. The van der Waals surface area contributed by atoms with E-state index < -0.39 is 17.0 Å². The van der Waals surface area contributed by atoms with Crippen LogP contribution in [0.2, 0.25) is 0 Å². The second-order valence-corrected chi connectivity index (χ2v) is 9.91. The summed E-state index contributed by atoms with van der Waals surface area (Å²) in [6, 6.07) is 14.2. The number of piperidine rings is 1. The van der Waals surface area contributed by atoms with Crippen LogP contribution >= 0.6 is 0 Å². The summed E-state index contributed by atoms with van der Waals surface area (Å²) in [7, 11) is -1.40. The molecule has 32 heavy (non-hydrogen) atoms. The zero-order valence-electron chi connectivity index (χ0n) is 19.1. The highest BCUT2D eigenvalue weighted by Crippen LogP contribution is 2.35. The molecule has 1 aliphatic rings. The Labute approximate surface area is 192 Å². The minimum Gasteiger partial charge on any atom is -0.481 e. The van der Waals surface area contributed by atoms with E-state index in [0.29, 0.717) is 6.54 Å². The third-order valence-corrected chi connectivity index (χ3v) is 8.09. The lowest BCUT2D eigenvalue weighted by atomic mass is 9.96. The molecule has 5 nitrogen and oxygen atoms in total. The highest BCUT2D eigenvalue weighted by atomic mass is 32.2. The van der Waals surface area contributed by atoms with Crippen molar-refractivity contribution in [3.63, 3.8) is 0 Å². The van der Waals surface area contributed by atoms with Gasteiger partial charge in [0.05, 0.1) is 16.5 Å². The van der Waals surface area contributed by atoms with Crippen LogP contribution in [0.1, 0.15) is 35.1 Å². The van der Waals surface area contributed by atoms with Gasteiger partial charge in [-0.3, -0.25) is 4.79 Å². The molecule has 1 fully saturated rings. The number of aryl methyl sites for hydroxylation is 2. The number of nitrogens with zero attached hydrogens (tertiary/aromatic N) is 1. The summed E-state index contributed by atoms with van der Waals surface area (Å²) in [5, 5.41) is 11.5. The average molecular weight is 451 g/mol. The van der Waals surface area contributed by atoms with Crippen molar-refractivity contribution in [2.75, 3.05) is 22.7 Å². The van der Waals surface area contributed by atoms with Gasteiger partial charge in [-0.2, -0.15) is 0 Å². The van der Waals surface area contributed by atoms with Gasteiger partial charge in [-0.1, -0.05) is 30.3 Å². The summed E-state index contributed by atoms with van der Waals surface area (Å²) in [4.78, 5) is 14.6. The number of anilines is 2. The number of nitrogens with one attached hydrogen (secondary N) is 1. The predicted octanol–water partition coefficient (Wildman–Crippen LogP) is 5.51. The zero-order chi connectivity index (χ0) is 23.0. The molecular formula is C26H30N2O3S. The number of benzene rings is 3. The van der Waals surface area contributed by atoms with Crippen molar-refractivity contribution in [3.8, 4) is 0 Å². The maximum atomic E-state index is 13.4. The molecule has 0 aliphatic carbocycles. The van der Waals surface area contributed by atoms with Crippen molar-refractivity contribution in [1.29, 1.82) is 0 Å². The maximum Gasteiger partial charge on any atom is 0.308 e. The van der Waals surface area contributed by atoms with Crippen LogP contribution in [0.15, 0.2) is 47.4 Å². The number of hydrogen-bond acceptors (Lipinski definition) is 3. The standard InChI is InChI=1S/C26H30N2O3S/c1-16-14-17(2)19(4)25(18(16)3)32(31)27-23-11-12-24(22-10-6-5-9-21(22)23)28-13-7-8-20(15-28)26(29)30/h5-6,9-12,14,20,27H,7-8,13,15H2,1-4H3,(H,29,30)/t20-,32?/m1/s1. The van der Waals surface area contributed by atoms with Crippen molar-refractivity contribution in [2.45, 2.75) is 45.4 Å². The molecular weight excluding hydrogens is 420 g/mol. The minimum atomic E-state index is -1.40. The van der Waals surface area contributed by atoms with Gasteiger partial charge in [-0.05, 0) is 74.9 Å². The van der Waals surface area contributed by atoms with Gasteiger partial charge in [0.1, 0.15) is 0 Å². The zero-order valence-corrected chi connectivity index (χ0v) is 19.9. The van der Waals surface area contributed by atoms with E-state index in [9.17, 15) is 14.1 Å². The molecule has 2 atom stereocenters. The molecule has 4 rings (SSSR count). The van der Waals surface area contributed by atoms with Crippen LogP contribution in [0, 0.1) is 33.6 Å². The van der Waals surface area contributed by atoms with E-state index in [-0.39, 0.29) is 5.92 Å². The Bertz CT molecular complexity index is 1200. The molecule has 0 radical (unpaired) electrons. The normalized spacial score (nSPS) is 17.4. The molecule has 6 heteroatoms. The number of carbonyl (C=O) groups is 1. The third kappa shape index (κ3) is 4.11. The molecule has 2 N–H and O–H groups in total. The molecule has 1 saturated heterocycles. The Morgan fingerprint density at radius 2 is 1.69 bits per heavy atom. The smallest absolute Gasteiger partial charge is 0.308 e. The van der Waals surface area contributed by atoms with Gasteiger partial charge in [0.2, 0.25) is 0 Å². The Hall–Kier alpha value is -2.86. The van der Waals surface area contributed by atoms with Crippen LogP contribution < -0.4 is 9.62 Å². The van der Waals surface area contributed by atoms with E-state index in [4.69, 9.17) is 0 Å². The Morgan fingerprint density at radius 3 is 2.34 bits per heavy atom. The lowest BCUT2D eigenvalue weighted by Crippen LogP contribution is -2.38. The number of aliphatic carboxylic acids is 1. The van der Waals surface area contributed by atoms with Crippen molar-refractivity contribution >= 4 is 39.1 Å². The van der Waals surface area contributed by atoms with Crippen molar-refractivity contribution in [3.05, 3.63) is 64.7 Å². The summed E-state index contributed by atoms with van der Waals surface area (Å²) in [5.74, 6) is -1.07. The molecule has 0 aromatic heterocycles. The van der Waals surface area contributed by atoms with Gasteiger partial charge in [0, 0.05) is 29.5 Å². The first-order valence-corrected chi connectivity index (χ1v) is 12.2. The lowest BCUT2D eigenvalue weighted by Gasteiger charge is -2.33. The van der Waals surface area contributed by atoms with E-state index in [2.05, 4.69) is 35.6 Å². The van der Waals surface area contributed by atoms with Crippen LogP contribution in [0.5, 0.6) is 0 Å². The number of carboxylic acids is 1. The molecule has 0 amide bonds. The van der Waals surface area contributed by atoms with Crippen molar-refractivity contribution < 1.29 is 14.1 Å². The van der Waals surface area contributed by atoms with Crippen LogP contribution in [0.4, 0.5) is 11.4 Å². The first-order valence-electron chi connectivity index (χ1n) is 11.0. The number of carboxylic acid groups (broad SMARTS) is 1. The van der Waals surface area contributed by atoms with Gasteiger partial charge in [-0.25, -0.2) is 4.21 Å². The van der Waals surface area contributed by atoms with Crippen molar-refractivity contribution in [2.24, 2.45) is 5.92 Å². The van der Waals surface area contributed by atoms with Crippen LogP contribution in [0.25, 0.3) is 10.8 Å². The van der Waals surface area contributed by atoms with Crippen LogP contribution in [-0.4, -0.2) is 28.4 Å². The largest absolute Gasteiger partial charge is 0.481 e. The second kappa shape index (κ2) is 8.94. The molecule has 1 unspecified atom stereocenters. The van der Waals surface area contributed by atoms with Gasteiger partial charge in [0.25, 0.3) is 0 Å². The molecule has 1 aliphatic heterocycles.